The molecule has 0 atom stereocenters. The van der Waals surface area contributed by atoms with Gasteiger partial charge in [-0.2, -0.15) is 0 Å². The maximum Gasteiger partial charge on any atom is 0.128 e. The second-order valence-corrected chi connectivity index (χ2v) is 6.47. The van der Waals surface area contributed by atoms with Crippen molar-refractivity contribution in [1.29, 1.82) is 0 Å². The Morgan fingerprint density at radius 2 is 1.05 bits per heavy atom. The second kappa shape index (κ2) is 6.08. The predicted molar refractivity (Wildman–Crippen MR) is 78.2 cm³/mol. The molecule has 2 aliphatic rings. The van der Waals surface area contributed by atoms with Crippen LogP contribution in [0.3, 0.4) is 0 Å². The van der Waals surface area contributed by atoms with Gasteiger partial charge in [0.2, 0.25) is 0 Å². The van der Waals surface area contributed by atoms with Gasteiger partial charge in [-0.1, -0.05) is 13.2 Å². The van der Waals surface area contributed by atoms with Crippen LogP contribution in [-0.2, 0) is 4.74 Å². The Balaban J connectivity index is 1.94. The van der Waals surface area contributed by atoms with Gasteiger partial charge < -0.3 is 25.2 Å². The van der Waals surface area contributed by atoms with Crippen LogP contribution in [0.5, 0.6) is 0 Å². The van der Waals surface area contributed by atoms with Crippen LogP contribution in [0.2, 0.25) is 0 Å². The molecule has 0 aromatic rings. The first-order valence-electron chi connectivity index (χ1n) is 7.63. The summed E-state index contributed by atoms with van der Waals surface area (Å²) in [6, 6.07) is 0. The molecule has 0 aliphatic heterocycles. The highest BCUT2D eigenvalue weighted by Gasteiger charge is 2.41. The first-order chi connectivity index (χ1) is 9.75. The van der Waals surface area contributed by atoms with E-state index in [0.29, 0.717) is 51.4 Å². The SMILES string of the molecule is C=C(OC(=C)C1(O)CCC(O)CC1)C1(O)CCC(O)CC1. The first kappa shape index (κ1) is 16.5. The summed E-state index contributed by atoms with van der Waals surface area (Å²) in [5.41, 5.74) is -2.35. The maximum atomic E-state index is 10.5. The predicted octanol–water partition coefficient (Wildman–Crippen LogP) is 1.36. The molecule has 0 bridgehead atoms. The average molecular weight is 298 g/mol. The molecule has 4 N–H and O–H groups in total. The zero-order chi connectivity index (χ0) is 15.7. The van der Waals surface area contributed by atoms with Gasteiger partial charge in [0.15, 0.2) is 0 Å². The van der Waals surface area contributed by atoms with E-state index in [1.807, 2.05) is 0 Å². The summed E-state index contributed by atoms with van der Waals surface area (Å²) in [6.07, 6.45) is 2.78. The number of hydrogen-bond donors (Lipinski definition) is 4. The first-order valence-corrected chi connectivity index (χ1v) is 7.63. The minimum absolute atomic E-state index is 0.180. The van der Waals surface area contributed by atoms with E-state index in [9.17, 15) is 20.4 Å². The van der Waals surface area contributed by atoms with Crippen LogP contribution in [0.1, 0.15) is 51.4 Å². The smallest absolute Gasteiger partial charge is 0.128 e. The van der Waals surface area contributed by atoms with Gasteiger partial charge in [-0.05, 0) is 51.4 Å². The number of aliphatic hydroxyl groups is 4. The van der Waals surface area contributed by atoms with Crippen molar-refractivity contribution in [3.8, 4) is 0 Å². The Kier molecular flexibility index (Phi) is 4.78. The van der Waals surface area contributed by atoms with Crippen LogP contribution >= 0.6 is 0 Å². The molecule has 0 unspecified atom stereocenters. The lowest BCUT2D eigenvalue weighted by Crippen LogP contribution is -2.41. The standard InChI is InChI=1S/C16H26O5/c1-11(15(19)7-3-13(17)4-8-15)21-12(2)16(20)9-5-14(18)6-10-16/h13-14,17-20H,1-10H2. The van der Waals surface area contributed by atoms with Crippen LogP contribution in [0.15, 0.2) is 24.7 Å². The fourth-order valence-corrected chi connectivity index (χ4v) is 3.06. The normalized spacial score (nSPS) is 40.6. The van der Waals surface area contributed by atoms with Crippen LogP contribution in [0.25, 0.3) is 0 Å². The van der Waals surface area contributed by atoms with E-state index in [0.717, 1.165) is 0 Å². The van der Waals surface area contributed by atoms with Crippen molar-refractivity contribution in [1.82, 2.24) is 0 Å². The molecule has 0 radical (unpaired) electrons. The van der Waals surface area contributed by atoms with Crippen molar-refractivity contribution in [3.63, 3.8) is 0 Å². The number of ether oxygens (including phenoxy) is 1. The Labute approximate surface area is 125 Å². The summed E-state index contributed by atoms with van der Waals surface area (Å²) >= 11 is 0. The summed E-state index contributed by atoms with van der Waals surface area (Å²) in [5, 5.41) is 40.1. The maximum absolute atomic E-state index is 10.5. The lowest BCUT2D eigenvalue weighted by atomic mass is 9.81. The molecule has 0 saturated heterocycles. The molecule has 2 fully saturated rings. The molecule has 2 aliphatic carbocycles. The van der Waals surface area contributed by atoms with Crippen LogP contribution in [0, 0.1) is 0 Å². The van der Waals surface area contributed by atoms with Gasteiger partial charge in [0.05, 0.1) is 12.2 Å². The van der Waals surface area contributed by atoms with E-state index in [1.165, 1.54) is 0 Å². The van der Waals surface area contributed by atoms with E-state index in [4.69, 9.17) is 4.74 Å². The molecule has 0 aromatic carbocycles. The summed E-state index contributed by atoms with van der Waals surface area (Å²) in [6.45, 7) is 7.56. The topological polar surface area (TPSA) is 90.2 Å². The van der Waals surface area contributed by atoms with E-state index in [2.05, 4.69) is 13.2 Å². The Bertz CT molecular complexity index is 363. The van der Waals surface area contributed by atoms with Crippen molar-refractivity contribution in [2.24, 2.45) is 0 Å². The van der Waals surface area contributed by atoms with Gasteiger partial charge >= 0.3 is 0 Å². The van der Waals surface area contributed by atoms with E-state index < -0.39 is 11.2 Å². The molecule has 2 rings (SSSR count). The zero-order valence-electron chi connectivity index (χ0n) is 12.4. The van der Waals surface area contributed by atoms with Gasteiger partial charge in [0.25, 0.3) is 0 Å². The number of aliphatic hydroxyl groups excluding tert-OH is 2. The van der Waals surface area contributed by atoms with Gasteiger partial charge in [-0.3, -0.25) is 0 Å². The lowest BCUT2D eigenvalue weighted by Gasteiger charge is -2.39. The fraction of sp³-hybridized carbons (Fsp3) is 0.750. The zero-order valence-corrected chi connectivity index (χ0v) is 12.4. The third-order valence-electron chi connectivity index (χ3n) is 4.85. The minimum atomic E-state index is -1.17. The minimum Gasteiger partial charge on any atom is -0.461 e. The monoisotopic (exact) mass is 298 g/mol. The Morgan fingerprint density at radius 3 is 1.33 bits per heavy atom. The second-order valence-electron chi connectivity index (χ2n) is 6.47. The molecule has 21 heavy (non-hydrogen) atoms. The molecule has 0 aromatic heterocycles. The fourth-order valence-electron chi connectivity index (χ4n) is 3.06. The third kappa shape index (κ3) is 3.66. The van der Waals surface area contributed by atoms with Crippen molar-refractivity contribution in [3.05, 3.63) is 24.7 Å². The highest BCUT2D eigenvalue weighted by atomic mass is 16.5. The molecule has 0 heterocycles. The van der Waals surface area contributed by atoms with Gasteiger partial charge in [-0.15, -0.1) is 0 Å². The molecule has 120 valence electrons. The molecule has 0 amide bonds. The quantitative estimate of drug-likeness (QED) is 0.588. The summed E-state index contributed by atoms with van der Waals surface area (Å²) in [4.78, 5) is 0. The number of hydrogen-bond acceptors (Lipinski definition) is 5. The van der Waals surface area contributed by atoms with Crippen molar-refractivity contribution < 1.29 is 25.2 Å². The van der Waals surface area contributed by atoms with Crippen molar-refractivity contribution in [2.45, 2.75) is 74.8 Å². The summed E-state index contributed by atoms with van der Waals surface area (Å²) < 4.78 is 5.55. The van der Waals surface area contributed by atoms with E-state index in [1.54, 1.807) is 0 Å². The Hall–Kier alpha value is -0.880. The molecule has 2 saturated carbocycles. The highest BCUT2D eigenvalue weighted by molar-refractivity contribution is 5.15. The summed E-state index contributed by atoms with van der Waals surface area (Å²) in [7, 11) is 0. The largest absolute Gasteiger partial charge is 0.461 e. The molecular formula is C16H26O5. The number of rotatable bonds is 4. The molecule has 5 nitrogen and oxygen atoms in total. The average Bonchev–Trinajstić information content (AvgIpc) is 2.45. The van der Waals surface area contributed by atoms with Crippen molar-refractivity contribution >= 4 is 0 Å². The Morgan fingerprint density at radius 1 is 0.762 bits per heavy atom. The third-order valence-corrected chi connectivity index (χ3v) is 4.85. The lowest BCUT2D eigenvalue weighted by molar-refractivity contribution is -0.0652. The van der Waals surface area contributed by atoms with Crippen molar-refractivity contribution in [2.75, 3.05) is 0 Å². The van der Waals surface area contributed by atoms with Gasteiger partial charge in [-0.25, -0.2) is 0 Å². The van der Waals surface area contributed by atoms with E-state index in [-0.39, 0.29) is 23.7 Å². The van der Waals surface area contributed by atoms with E-state index >= 15 is 0 Å². The van der Waals surface area contributed by atoms with Gasteiger partial charge in [0, 0.05) is 0 Å². The van der Waals surface area contributed by atoms with Crippen LogP contribution in [-0.4, -0.2) is 43.8 Å². The molecular weight excluding hydrogens is 272 g/mol. The van der Waals surface area contributed by atoms with Crippen LogP contribution in [0.4, 0.5) is 0 Å². The molecule has 0 spiro atoms. The molecule has 5 heteroatoms. The highest BCUT2D eigenvalue weighted by Crippen LogP contribution is 2.39. The van der Waals surface area contributed by atoms with Gasteiger partial charge in [0.1, 0.15) is 22.7 Å². The van der Waals surface area contributed by atoms with Crippen LogP contribution < -0.4 is 0 Å². The summed E-state index contributed by atoms with van der Waals surface area (Å²) in [5.74, 6) is 0.359.